The number of aliphatic hydroxyl groups excluding tert-OH is 1. The summed E-state index contributed by atoms with van der Waals surface area (Å²) >= 11 is 0. The highest BCUT2D eigenvalue weighted by Gasteiger charge is 2.11. The van der Waals surface area contributed by atoms with E-state index in [0.717, 1.165) is 12.8 Å². The lowest BCUT2D eigenvalue weighted by Crippen LogP contribution is -2.12. The van der Waals surface area contributed by atoms with Crippen molar-refractivity contribution in [2.24, 2.45) is 5.92 Å². The average Bonchev–Trinajstić information content (AvgIpc) is 2.40. The van der Waals surface area contributed by atoms with Gasteiger partial charge in [-0.25, -0.2) is 4.39 Å². The largest absolute Gasteiger partial charge is 0.490 e. The van der Waals surface area contributed by atoms with Crippen LogP contribution in [0.25, 0.3) is 0 Å². The van der Waals surface area contributed by atoms with Crippen molar-refractivity contribution in [3.8, 4) is 5.75 Å². The number of halogens is 1. The van der Waals surface area contributed by atoms with E-state index in [2.05, 4.69) is 13.8 Å². The summed E-state index contributed by atoms with van der Waals surface area (Å²) in [5.74, 6) is 0.360. The van der Waals surface area contributed by atoms with E-state index >= 15 is 0 Å². The molecule has 0 saturated heterocycles. The monoisotopic (exact) mass is 268 g/mol. The van der Waals surface area contributed by atoms with E-state index in [1.807, 2.05) is 0 Å². The highest BCUT2D eigenvalue weighted by Crippen LogP contribution is 2.23. The van der Waals surface area contributed by atoms with Crippen molar-refractivity contribution < 1.29 is 14.2 Å². The minimum atomic E-state index is -0.656. The Kier molecular flexibility index (Phi) is 6.85. The molecule has 2 atom stereocenters. The van der Waals surface area contributed by atoms with E-state index in [9.17, 15) is 9.50 Å². The fourth-order valence-electron chi connectivity index (χ4n) is 2.00. The van der Waals surface area contributed by atoms with E-state index in [-0.39, 0.29) is 5.75 Å². The van der Waals surface area contributed by atoms with E-state index in [0.29, 0.717) is 18.1 Å². The second kappa shape index (κ2) is 8.16. The SMILES string of the molecule is CCCCC(CC)COc1ccc([C@@H](C)O)cc1F. The summed E-state index contributed by atoms with van der Waals surface area (Å²) in [6.07, 6.45) is 3.88. The molecule has 0 aromatic heterocycles. The van der Waals surface area contributed by atoms with Gasteiger partial charge in [-0.15, -0.1) is 0 Å². The van der Waals surface area contributed by atoms with Gasteiger partial charge in [0.15, 0.2) is 11.6 Å². The number of benzene rings is 1. The van der Waals surface area contributed by atoms with Crippen molar-refractivity contribution in [3.63, 3.8) is 0 Å². The third-order valence-electron chi connectivity index (χ3n) is 3.46. The van der Waals surface area contributed by atoms with Crippen molar-refractivity contribution in [3.05, 3.63) is 29.6 Å². The molecular weight excluding hydrogens is 243 g/mol. The summed E-state index contributed by atoms with van der Waals surface area (Å²) in [5, 5.41) is 9.38. The van der Waals surface area contributed by atoms with Crippen LogP contribution in [0, 0.1) is 11.7 Å². The third-order valence-corrected chi connectivity index (χ3v) is 3.46. The Hall–Kier alpha value is -1.09. The van der Waals surface area contributed by atoms with E-state index < -0.39 is 11.9 Å². The highest BCUT2D eigenvalue weighted by atomic mass is 19.1. The lowest BCUT2D eigenvalue weighted by Gasteiger charge is -2.16. The molecule has 1 rings (SSSR count). The standard InChI is InChI=1S/C16H25FO2/c1-4-6-7-13(5-2)11-19-16-9-8-14(12(3)18)10-15(16)17/h8-10,12-13,18H,4-7,11H2,1-3H3/t12-,13?/m1/s1. The van der Waals surface area contributed by atoms with Crippen LogP contribution in [0.1, 0.15) is 58.1 Å². The van der Waals surface area contributed by atoms with Crippen LogP contribution >= 0.6 is 0 Å². The highest BCUT2D eigenvalue weighted by molar-refractivity contribution is 5.30. The molecule has 1 unspecified atom stereocenters. The van der Waals surface area contributed by atoms with Gasteiger partial charge in [0, 0.05) is 0 Å². The zero-order chi connectivity index (χ0) is 14.3. The molecule has 0 radical (unpaired) electrons. The normalized spacial score (nSPS) is 14.2. The minimum absolute atomic E-state index is 0.277. The zero-order valence-corrected chi connectivity index (χ0v) is 12.2. The molecule has 3 heteroatoms. The van der Waals surface area contributed by atoms with Crippen molar-refractivity contribution in [1.82, 2.24) is 0 Å². The first-order valence-corrected chi connectivity index (χ1v) is 7.18. The number of rotatable bonds is 8. The molecule has 0 heterocycles. The molecule has 0 fully saturated rings. The predicted octanol–water partition coefficient (Wildman–Crippen LogP) is 4.47. The Labute approximate surface area is 115 Å². The van der Waals surface area contributed by atoms with Gasteiger partial charge in [0.1, 0.15) is 0 Å². The Morgan fingerprint density at radius 3 is 2.58 bits per heavy atom. The molecule has 1 aromatic rings. The van der Waals surface area contributed by atoms with Gasteiger partial charge in [0.05, 0.1) is 12.7 Å². The van der Waals surface area contributed by atoms with Crippen molar-refractivity contribution >= 4 is 0 Å². The van der Waals surface area contributed by atoms with Crippen LogP contribution in [0.4, 0.5) is 4.39 Å². The summed E-state index contributed by atoms with van der Waals surface area (Å²) in [5.41, 5.74) is 0.572. The van der Waals surface area contributed by atoms with Crippen LogP contribution in [-0.2, 0) is 0 Å². The van der Waals surface area contributed by atoms with Crippen LogP contribution in [0.2, 0.25) is 0 Å². The first kappa shape index (κ1) is 16.0. The van der Waals surface area contributed by atoms with Crippen molar-refractivity contribution in [2.75, 3.05) is 6.61 Å². The second-order valence-corrected chi connectivity index (χ2v) is 5.09. The molecule has 0 bridgehead atoms. The summed E-state index contributed by atoms with van der Waals surface area (Å²) < 4.78 is 19.3. The molecule has 19 heavy (non-hydrogen) atoms. The molecule has 108 valence electrons. The Bertz CT molecular complexity index is 377. The molecule has 0 aliphatic carbocycles. The topological polar surface area (TPSA) is 29.5 Å². The van der Waals surface area contributed by atoms with Gasteiger partial charge in [0.2, 0.25) is 0 Å². The first-order valence-electron chi connectivity index (χ1n) is 7.18. The van der Waals surface area contributed by atoms with Crippen LogP contribution in [0.3, 0.4) is 0 Å². The molecule has 0 saturated carbocycles. The van der Waals surface area contributed by atoms with Crippen LogP contribution in [-0.4, -0.2) is 11.7 Å². The van der Waals surface area contributed by atoms with E-state index in [4.69, 9.17) is 4.74 Å². The smallest absolute Gasteiger partial charge is 0.165 e. The quantitative estimate of drug-likeness (QED) is 0.753. The van der Waals surface area contributed by atoms with Gasteiger partial charge in [-0.3, -0.25) is 0 Å². The number of hydrogen-bond donors (Lipinski definition) is 1. The molecule has 0 amide bonds. The second-order valence-electron chi connectivity index (χ2n) is 5.09. The van der Waals surface area contributed by atoms with Crippen LogP contribution in [0.5, 0.6) is 5.75 Å². The fourth-order valence-corrected chi connectivity index (χ4v) is 2.00. The lowest BCUT2D eigenvalue weighted by molar-refractivity contribution is 0.197. The molecule has 1 N–H and O–H groups in total. The number of unbranched alkanes of at least 4 members (excludes halogenated alkanes) is 1. The Morgan fingerprint density at radius 2 is 2.05 bits per heavy atom. The molecule has 2 nitrogen and oxygen atoms in total. The molecule has 0 aliphatic heterocycles. The van der Waals surface area contributed by atoms with Crippen LogP contribution < -0.4 is 4.74 Å². The predicted molar refractivity (Wildman–Crippen MR) is 75.8 cm³/mol. The summed E-state index contributed by atoms with van der Waals surface area (Å²) in [6.45, 7) is 6.48. The van der Waals surface area contributed by atoms with Crippen LogP contribution in [0.15, 0.2) is 18.2 Å². The van der Waals surface area contributed by atoms with E-state index in [1.54, 1.807) is 19.1 Å². The molecule has 1 aromatic carbocycles. The van der Waals surface area contributed by atoms with Crippen molar-refractivity contribution in [1.29, 1.82) is 0 Å². The molecule has 0 aliphatic rings. The van der Waals surface area contributed by atoms with Gasteiger partial charge >= 0.3 is 0 Å². The maximum Gasteiger partial charge on any atom is 0.165 e. The Balaban J connectivity index is 2.57. The lowest BCUT2D eigenvalue weighted by atomic mass is 10.0. The van der Waals surface area contributed by atoms with Gasteiger partial charge in [0.25, 0.3) is 0 Å². The summed E-state index contributed by atoms with van der Waals surface area (Å²) in [6, 6.07) is 4.65. The number of ether oxygens (including phenoxy) is 1. The van der Waals surface area contributed by atoms with Crippen molar-refractivity contribution in [2.45, 2.75) is 52.6 Å². The molecule has 0 spiro atoms. The van der Waals surface area contributed by atoms with Gasteiger partial charge in [-0.05, 0) is 37.0 Å². The summed E-state index contributed by atoms with van der Waals surface area (Å²) in [4.78, 5) is 0. The average molecular weight is 268 g/mol. The number of hydrogen-bond acceptors (Lipinski definition) is 2. The molecular formula is C16H25FO2. The third kappa shape index (κ3) is 5.19. The van der Waals surface area contributed by atoms with Gasteiger partial charge in [-0.2, -0.15) is 0 Å². The number of aliphatic hydroxyl groups is 1. The van der Waals surface area contributed by atoms with E-state index in [1.165, 1.54) is 18.9 Å². The minimum Gasteiger partial charge on any atom is -0.490 e. The summed E-state index contributed by atoms with van der Waals surface area (Å²) in [7, 11) is 0. The zero-order valence-electron chi connectivity index (χ0n) is 12.2. The maximum atomic E-state index is 13.8. The van der Waals surface area contributed by atoms with Gasteiger partial charge in [-0.1, -0.05) is 39.2 Å². The maximum absolute atomic E-state index is 13.8. The Morgan fingerprint density at radius 1 is 1.32 bits per heavy atom. The fraction of sp³-hybridized carbons (Fsp3) is 0.625. The van der Waals surface area contributed by atoms with Gasteiger partial charge < -0.3 is 9.84 Å². The first-order chi connectivity index (χ1) is 9.08.